The maximum Gasteiger partial charge on any atom is 0.337 e. The lowest BCUT2D eigenvalue weighted by molar-refractivity contribution is -0.182. The summed E-state index contributed by atoms with van der Waals surface area (Å²) >= 11 is 0. The van der Waals surface area contributed by atoms with E-state index in [0.29, 0.717) is 37.2 Å². The first-order valence-corrected chi connectivity index (χ1v) is 10.7. The number of aliphatic hydroxyl groups excluding tert-OH is 2. The minimum Gasteiger partial charge on any atom is -0.511 e. The van der Waals surface area contributed by atoms with Gasteiger partial charge in [0, 0.05) is 12.3 Å². The van der Waals surface area contributed by atoms with Crippen molar-refractivity contribution in [2.75, 3.05) is 0 Å². The molecule has 0 aromatic heterocycles. The first kappa shape index (κ1) is 21.3. The van der Waals surface area contributed by atoms with Gasteiger partial charge in [-0.25, -0.2) is 4.79 Å². The zero-order chi connectivity index (χ0) is 20.6. The Bertz CT molecular complexity index is 655. The van der Waals surface area contributed by atoms with Crippen LogP contribution in [-0.2, 0) is 19.1 Å². The van der Waals surface area contributed by atoms with E-state index in [1.807, 2.05) is 13.8 Å². The van der Waals surface area contributed by atoms with Gasteiger partial charge in [-0.3, -0.25) is 4.79 Å². The van der Waals surface area contributed by atoms with Gasteiger partial charge in [-0.2, -0.15) is 0 Å². The quantitative estimate of drug-likeness (QED) is 0.697. The lowest BCUT2D eigenvalue weighted by atomic mass is 9.79. The summed E-state index contributed by atoms with van der Waals surface area (Å²) in [5.41, 5.74) is -0.209. The molecule has 0 radical (unpaired) electrons. The molecule has 2 N–H and O–H groups in total. The third-order valence-electron chi connectivity index (χ3n) is 6.77. The molecule has 4 bridgehead atoms. The Labute approximate surface area is 167 Å². The molecular formula is C22H34O6. The van der Waals surface area contributed by atoms with Crippen molar-refractivity contribution in [1.82, 2.24) is 0 Å². The average molecular weight is 395 g/mol. The number of fused-ring (bicyclic) bond motifs is 6. The van der Waals surface area contributed by atoms with E-state index in [4.69, 9.17) is 9.47 Å². The molecule has 0 spiro atoms. The van der Waals surface area contributed by atoms with Gasteiger partial charge in [0.1, 0.15) is 17.6 Å². The van der Waals surface area contributed by atoms with Crippen LogP contribution in [-0.4, -0.2) is 45.9 Å². The number of hydrogen-bond acceptors (Lipinski definition) is 6. The molecule has 4 heterocycles. The number of carbonyl (C=O) groups is 2. The second-order valence-corrected chi connectivity index (χ2v) is 9.30. The predicted molar refractivity (Wildman–Crippen MR) is 104 cm³/mol. The van der Waals surface area contributed by atoms with Crippen LogP contribution < -0.4 is 0 Å². The Morgan fingerprint density at radius 1 is 1.21 bits per heavy atom. The number of aliphatic hydroxyl groups is 2. The standard InChI is InChI=1S/C22H34O6/c1-5-6-14-17-10-16(23)13(3)19(24)18-9-12(2)11-22(4,28-18)8-7-15(20(14)25)21(26)27-17/h12-14,17-19,24-25H,5-11H2,1-4H3. The van der Waals surface area contributed by atoms with Crippen LogP contribution >= 0.6 is 0 Å². The molecule has 28 heavy (non-hydrogen) atoms. The van der Waals surface area contributed by atoms with Gasteiger partial charge in [-0.1, -0.05) is 27.2 Å². The molecule has 0 aromatic carbocycles. The number of esters is 1. The highest BCUT2D eigenvalue weighted by molar-refractivity contribution is 5.91. The van der Waals surface area contributed by atoms with Crippen LogP contribution in [0.4, 0.5) is 0 Å². The third kappa shape index (κ3) is 4.13. The molecule has 2 fully saturated rings. The third-order valence-corrected chi connectivity index (χ3v) is 6.77. The van der Waals surface area contributed by atoms with E-state index in [1.54, 1.807) is 6.92 Å². The molecule has 2 saturated heterocycles. The number of Topliss-reactive ketones (excluding diaryl/α,β-unsaturated/α-hetero) is 1. The zero-order valence-corrected chi connectivity index (χ0v) is 17.4. The van der Waals surface area contributed by atoms with Crippen molar-refractivity contribution in [2.45, 2.75) is 96.6 Å². The monoisotopic (exact) mass is 394 g/mol. The maximum absolute atomic E-state index is 12.9. The largest absolute Gasteiger partial charge is 0.511 e. The van der Waals surface area contributed by atoms with E-state index >= 15 is 0 Å². The summed E-state index contributed by atoms with van der Waals surface area (Å²) in [6.07, 6.45) is 1.93. The van der Waals surface area contributed by atoms with Crippen molar-refractivity contribution in [2.24, 2.45) is 17.8 Å². The Hall–Kier alpha value is -1.40. The lowest BCUT2D eigenvalue weighted by Gasteiger charge is -2.44. The molecule has 0 amide bonds. The van der Waals surface area contributed by atoms with Crippen LogP contribution in [0.5, 0.6) is 0 Å². The van der Waals surface area contributed by atoms with Gasteiger partial charge < -0.3 is 19.7 Å². The van der Waals surface area contributed by atoms with E-state index in [0.717, 1.165) is 12.8 Å². The fourth-order valence-electron chi connectivity index (χ4n) is 5.18. The van der Waals surface area contributed by atoms with Crippen molar-refractivity contribution in [3.05, 3.63) is 11.3 Å². The van der Waals surface area contributed by atoms with Gasteiger partial charge in [0.2, 0.25) is 0 Å². The van der Waals surface area contributed by atoms with Crippen LogP contribution in [0.1, 0.15) is 72.6 Å². The van der Waals surface area contributed by atoms with Gasteiger partial charge in [0.15, 0.2) is 0 Å². The summed E-state index contributed by atoms with van der Waals surface area (Å²) in [6, 6.07) is 0. The first-order chi connectivity index (χ1) is 13.1. The summed E-state index contributed by atoms with van der Waals surface area (Å²) in [5, 5.41) is 21.7. The molecule has 4 aliphatic heterocycles. The van der Waals surface area contributed by atoms with Gasteiger partial charge >= 0.3 is 5.97 Å². The molecule has 0 aliphatic carbocycles. The Kier molecular flexibility index (Phi) is 6.20. The molecule has 4 rings (SSSR count). The number of ether oxygens (including phenoxy) is 2. The Balaban J connectivity index is 2.00. The summed E-state index contributed by atoms with van der Waals surface area (Å²) in [7, 11) is 0. The number of carbonyl (C=O) groups excluding carboxylic acids is 2. The second-order valence-electron chi connectivity index (χ2n) is 9.30. The van der Waals surface area contributed by atoms with Crippen molar-refractivity contribution in [3.63, 3.8) is 0 Å². The van der Waals surface area contributed by atoms with Crippen molar-refractivity contribution in [3.8, 4) is 0 Å². The molecule has 4 aliphatic rings. The van der Waals surface area contributed by atoms with E-state index < -0.39 is 35.8 Å². The first-order valence-electron chi connectivity index (χ1n) is 10.7. The average Bonchev–Trinajstić information content (AvgIpc) is 2.62. The summed E-state index contributed by atoms with van der Waals surface area (Å²) in [5.74, 6) is -1.26. The molecule has 7 unspecified atom stereocenters. The smallest absolute Gasteiger partial charge is 0.337 e. The number of rotatable bonds is 2. The minimum absolute atomic E-state index is 0.00547. The van der Waals surface area contributed by atoms with Crippen LogP contribution in [0, 0.1) is 17.8 Å². The molecule has 0 saturated carbocycles. The lowest BCUT2D eigenvalue weighted by Crippen LogP contribution is -2.49. The Morgan fingerprint density at radius 3 is 2.61 bits per heavy atom. The van der Waals surface area contributed by atoms with Gasteiger partial charge in [0.05, 0.1) is 29.3 Å². The molecular weight excluding hydrogens is 360 g/mol. The van der Waals surface area contributed by atoms with Gasteiger partial charge in [-0.05, 0) is 44.9 Å². The maximum atomic E-state index is 12.9. The minimum atomic E-state index is -0.891. The highest BCUT2D eigenvalue weighted by Crippen LogP contribution is 2.41. The Morgan fingerprint density at radius 2 is 1.93 bits per heavy atom. The molecule has 7 atom stereocenters. The number of hydrogen-bond donors (Lipinski definition) is 2. The second kappa shape index (κ2) is 8.15. The van der Waals surface area contributed by atoms with E-state index in [9.17, 15) is 19.8 Å². The molecule has 0 aromatic rings. The number of ketones is 1. The van der Waals surface area contributed by atoms with Gasteiger partial charge in [-0.15, -0.1) is 0 Å². The van der Waals surface area contributed by atoms with Crippen LogP contribution in [0.25, 0.3) is 0 Å². The predicted octanol–water partition coefficient (Wildman–Crippen LogP) is 3.46. The van der Waals surface area contributed by atoms with Crippen molar-refractivity contribution in [1.29, 1.82) is 0 Å². The highest BCUT2D eigenvalue weighted by atomic mass is 16.5. The SMILES string of the molecule is CCCC1C(O)=C2CCC3(C)CC(C)CC(O3)C(O)C(C)C(=O)CC1OC2=O. The summed E-state index contributed by atoms with van der Waals surface area (Å²) in [4.78, 5) is 25.5. The summed E-state index contributed by atoms with van der Waals surface area (Å²) < 4.78 is 11.9. The van der Waals surface area contributed by atoms with Crippen LogP contribution in [0.2, 0.25) is 0 Å². The van der Waals surface area contributed by atoms with E-state index in [1.165, 1.54) is 0 Å². The fraction of sp³-hybridized carbons (Fsp3) is 0.818. The zero-order valence-electron chi connectivity index (χ0n) is 17.4. The van der Waals surface area contributed by atoms with Crippen molar-refractivity contribution < 1.29 is 29.3 Å². The van der Waals surface area contributed by atoms with Crippen molar-refractivity contribution >= 4 is 11.8 Å². The fourth-order valence-corrected chi connectivity index (χ4v) is 5.18. The van der Waals surface area contributed by atoms with Crippen LogP contribution in [0.3, 0.4) is 0 Å². The molecule has 6 heteroatoms. The van der Waals surface area contributed by atoms with E-state index in [2.05, 4.69) is 6.92 Å². The topological polar surface area (TPSA) is 93.1 Å². The molecule has 6 nitrogen and oxygen atoms in total. The van der Waals surface area contributed by atoms with E-state index in [-0.39, 0.29) is 23.9 Å². The normalized spacial score (nSPS) is 42.5. The van der Waals surface area contributed by atoms with Gasteiger partial charge in [0.25, 0.3) is 0 Å². The molecule has 158 valence electrons. The highest BCUT2D eigenvalue weighted by Gasteiger charge is 2.45. The summed E-state index contributed by atoms with van der Waals surface area (Å²) in [6.45, 7) is 7.83. The van der Waals surface area contributed by atoms with Crippen LogP contribution in [0.15, 0.2) is 11.3 Å².